The third kappa shape index (κ3) is 2.60. The maximum atomic E-state index is 12.3. The number of rotatable bonds is 3. The number of halogens is 1. The van der Waals surface area contributed by atoms with Gasteiger partial charge in [-0.3, -0.25) is 0 Å². The molecule has 0 aliphatic heterocycles. The molecule has 0 spiro atoms. The van der Waals surface area contributed by atoms with Crippen molar-refractivity contribution in [2.45, 2.75) is 6.92 Å². The average molecular weight is 361 g/mol. The van der Waals surface area contributed by atoms with Gasteiger partial charge in [-0.15, -0.1) is 0 Å². The lowest BCUT2D eigenvalue weighted by Gasteiger charge is -2.03. The molecule has 0 radical (unpaired) electrons. The second-order valence-corrected chi connectivity index (χ2v) is 5.63. The molecule has 0 amide bonds. The first kappa shape index (κ1) is 14.7. The minimum Gasteiger partial charge on any atom is -0.508 e. The zero-order chi connectivity index (χ0) is 15.7. The van der Waals surface area contributed by atoms with Gasteiger partial charge in [-0.2, -0.15) is 0 Å². The summed E-state index contributed by atoms with van der Waals surface area (Å²) in [6, 6.07) is 12.1. The van der Waals surface area contributed by atoms with Gasteiger partial charge in [-0.05, 0) is 37.3 Å². The fourth-order valence-electron chi connectivity index (χ4n) is 2.30. The number of furan rings is 1. The molecular weight excluding hydrogens is 348 g/mol. The summed E-state index contributed by atoms with van der Waals surface area (Å²) in [5, 5.41) is 10.2. The number of fused-ring (bicyclic) bond motifs is 1. The van der Waals surface area contributed by atoms with E-state index in [1.807, 2.05) is 24.3 Å². The third-order valence-corrected chi connectivity index (χ3v) is 3.79. The van der Waals surface area contributed by atoms with E-state index in [9.17, 15) is 9.90 Å². The quantitative estimate of drug-likeness (QED) is 0.685. The topological polar surface area (TPSA) is 59.7 Å². The van der Waals surface area contributed by atoms with Crippen molar-refractivity contribution in [3.05, 3.63) is 52.5 Å². The molecule has 0 unspecified atom stereocenters. The molecule has 0 aliphatic rings. The van der Waals surface area contributed by atoms with E-state index < -0.39 is 5.97 Å². The van der Waals surface area contributed by atoms with Crippen LogP contribution >= 0.6 is 15.9 Å². The molecule has 22 heavy (non-hydrogen) atoms. The van der Waals surface area contributed by atoms with Gasteiger partial charge in [0.25, 0.3) is 0 Å². The van der Waals surface area contributed by atoms with Gasteiger partial charge in [0.2, 0.25) is 0 Å². The number of phenolic OH excluding ortho intramolecular Hbond substituents is 1. The molecule has 0 aliphatic carbocycles. The van der Waals surface area contributed by atoms with Crippen LogP contribution in [0.2, 0.25) is 0 Å². The maximum Gasteiger partial charge on any atom is 0.342 e. The van der Waals surface area contributed by atoms with Crippen LogP contribution in [0.3, 0.4) is 0 Å². The van der Waals surface area contributed by atoms with E-state index in [0.717, 1.165) is 10.0 Å². The van der Waals surface area contributed by atoms with Crippen molar-refractivity contribution in [2.75, 3.05) is 6.61 Å². The Balaban J connectivity index is 2.26. The number of hydrogen-bond donors (Lipinski definition) is 1. The number of hydrogen-bond acceptors (Lipinski definition) is 4. The van der Waals surface area contributed by atoms with E-state index in [4.69, 9.17) is 9.15 Å². The van der Waals surface area contributed by atoms with E-state index in [1.54, 1.807) is 13.0 Å². The van der Waals surface area contributed by atoms with Crippen LogP contribution < -0.4 is 0 Å². The first-order valence-corrected chi connectivity index (χ1v) is 7.58. The molecular formula is C17H13BrO4. The highest BCUT2D eigenvalue weighted by atomic mass is 79.9. The van der Waals surface area contributed by atoms with Crippen LogP contribution in [0.1, 0.15) is 17.3 Å². The van der Waals surface area contributed by atoms with Crippen molar-refractivity contribution in [1.82, 2.24) is 0 Å². The lowest BCUT2D eigenvalue weighted by atomic mass is 10.1. The second kappa shape index (κ2) is 5.85. The van der Waals surface area contributed by atoms with Gasteiger partial charge < -0.3 is 14.3 Å². The number of benzene rings is 2. The molecule has 3 rings (SSSR count). The Bertz CT molecular complexity index is 834. The summed E-state index contributed by atoms with van der Waals surface area (Å²) in [5.74, 6) is 0.0394. The summed E-state index contributed by atoms with van der Waals surface area (Å²) >= 11 is 3.38. The van der Waals surface area contributed by atoms with Gasteiger partial charge in [0.15, 0.2) is 0 Å². The van der Waals surface area contributed by atoms with Crippen LogP contribution in [0.4, 0.5) is 0 Å². The summed E-state index contributed by atoms with van der Waals surface area (Å²) in [5.41, 5.74) is 1.62. The first-order chi connectivity index (χ1) is 10.6. The van der Waals surface area contributed by atoms with Crippen molar-refractivity contribution in [1.29, 1.82) is 0 Å². The number of ether oxygens (including phenoxy) is 1. The Morgan fingerprint density at radius 2 is 1.95 bits per heavy atom. The number of carbonyl (C=O) groups is 1. The zero-order valence-corrected chi connectivity index (χ0v) is 13.4. The van der Waals surface area contributed by atoms with Gasteiger partial charge in [-0.1, -0.05) is 28.1 Å². The molecule has 112 valence electrons. The number of carbonyl (C=O) groups excluding carboxylic acids is 1. The molecule has 0 saturated heterocycles. The van der Waals surface area contributed by atoms with Gasteiger partial charge >= 0.3 is 5.97 Å². The summed E-state index contributed by atoms with van der Waals surface area (Å²) < 4.78 is 11.9. The van der Waals surface area contributed by atoms with Crippen molar-refractivity contribution >= 4 is 32.9 Å². The van der Waals surface area contributed by atoms with Crippen LogP contribution in [-0.2, 0) is 4.74 Å². The van der Waals surface area contributed by atoms with Gasteiger partial charge in [0.05, 0.1) is 6.61 Å². The normalized spacial score (nSPS) is 10.8. The molecule has 0 bridgehead atoms. The van der Waals surface area contributed by atoms with Gasteiger partial charge in [-0.25, -0.2) is 4.79 Å². The molecule has 4 nitrogen and oxygen atoms in total. The smallest absolute Gasteiger partial charge is 0.342 e. The second-order valence-electron chi connectivity index (χ2n) is 4.71. The molecule has 0 atom stereocenters. The standard InChI is InChI=1S/C17H13BrO4/c1-2-21-17(20)15-13-9-12(19)7-8-14(13)22-16(15)10-3-5-11(18)6-4-10/h3-9,19H,2H2,1H3. The SMILES string of the molecule is CCOC(=O)c1c(-c2ccc(Br)cc2)oc2ccc(O)cc12. The van der Waals surface area contributed by atoms with Crippen LogP contribution in [0.15, 0.2) is 51.4 Å². The number of phenols is 1. The van der Waals surface area contributed by atoms with E-state index in [1.165, 1.54) is 12.1 Å². The highest BCUT2D eigenvalue weighted by Gasteiger charge is 2.23. The molecule has 0 saturated carbocycles. The molecule has 0 fully saturated rings. The predicted molar refractivity (Wildman–Crippen MR) is 87.0 cm³/mol. The van der Waals surface area contributed by atoms with E-state index in [0.29, 0.717) is 22.3 Å². The largest absolute Gasteiger partial charge is 0.508 e. The predicted octanol–water partition coefficient (Wildman–Crippen LogP) is 4.74. The summed E-state index contributed by atoms with van der Waals surface area (Å²) in [7, 11) is 0. The highest BCUT2D eigenvalue weighted by molar-refractivity contribution is 9.10. The van der Waals surface area contributed by atoms with E-state index in [2.05, 4.69) is 15.9 Å². The van der Waals surface area contributed by atoms with Crippen molar-refractivity contribution in [3.63, 3.8) is 0 Å². The third-order valence-electron chi connectivity index (χ3n) is 3.26. The van der Waals surface area contributed by atoms with Crippen LogP contribution in [0.5, 0.6) is 5.75 Å². The summed E-state index contributed by atoms with van der Waals surface area (Å²) in [6.45, 7) is 2.01. The Hall–Kier alpha value is -2.27. The van der Waals surface area contributed by atoms with Crippen LogP contribution in [0, 0.1) is 0 Å². The fraction of sp³-hybridized carbons (Fsp3) is 0.118. The summed E-state index contributed by atoms with van der Waals surface area (Å²) in [6.07, 6.45) is 0. The molecule has 3 aromatic rings. The van der Waals surface area contributed by atoms with Crippen molar-refractivity contribution in [2.24, 2.45) is 0 Å². The molecule has 1 N–H and O–H groups in total. The minimum absolute atomic E-state index is 0.0706. The van der Waals surface area contributed by atoms with Gasteiger partial charge in [0, 0.05) is 15.4 Å². The Morgan fingerprint density at radius 1 is 1.23 bits per heavy atom. The van der Waals surface area contributed by atoms with Crippen LogP contribution in [0.25, 0.3) is 22.3 Å². The lowest BCUT2D eigenvalue weighted by molar-refractivity contribution is 0.0529. The summed E-state index contributed by atoms with van der Waals surface area (Å²) in [4.78, 5) is 12.3. The fourth-order valence-corrected chi connectivity index (χ4v) is 2.56. The van der Waals surface area contributed by atoms with Crippen molar-refractivity contribution in [3.8, 4) is 17.1 Å². The molecule has 5 heteroatoms. The van der Waals surface area contributed by atoms with Gasteiger partial charge in [0.1, 0.15) is 22.7 Å². The first-order valence-electron chi connectivity index (χ1n) is 6.78. The van der Waals surface area contributed by atoms with Crippen LogP contribution in [-0.4, -0.2) is 17.7 Å². The van der Waals surface area contributed by atoms with Crippen molar-refractivity contribution < 1.29 is 19.1 Å². The minimum atomic E-state index is -0.468. The lowest BCUT2D eigenvalue weighted by Crippen LogP contribution is -2.05. The molecule has 1 heterocycles. The molecule has 2 aromatic carbocycles. The number of esters is 1. The number of aromatic hydroxyl groups is 1. The Kier molecular flexibility index (Phi) is 3.90. The maximum absolute atomic E-state index is 12.3. The van der Waals surface area contributed by atoms with E-state index in [-0.39, 0.29) is 12.4 Å². The highest BCUT2D eigenvalue weighted by Crippen LogP contribution is 2.36. The Labute approximate surface area is 135 Å². The Morgan fingerprint density at radius 3 is 2.64 bits per heavy atom. The zero-order valence-electron chi connectivity index (χ0n) is 11.8. The molecule has 1 aromatic heterocycles. The van der Waals surface area contributed by atoms with E-state index >= 15 is 0 Å². The average Bonchev–Trinajstić information content (AvgIpc) is 2.86. The monoisotopic (exact) mass is 360 g/mol.